The molecule has 7 heteroatoms. The summed E-state index contributed by atoms with van der Waals surface area (Å²) in [5.41, 5.74) is -0.772. The summed E-state index contributed by atoms with van der Waals surface area (Å²) in [4.78, 5) is 19.0. The van der Waals surface area contributed by atoms with E-state index in [2.05, 4.69) is 26.3 Å². The van der Waals surface area contributed by atoms with Crippen molar-refractivity contribution in [2.45, 2.75) is 56.7 Å². The zero-order valence-corrected chi connectivity index (χ0v) is 13.2. The number of hydrogen-bond acceptors (Lipinski definition) is 6. The maximum atomic E-state index is 12.7. The molecule has 0 N–H and O–H groups in total. The number of rotatable bonds is 6. The number of aryl methyl sites for hydroxylation is 1. The summed E-state index contributed by atoms with van der Waals surface area (Å²) in [5.74, 6) is 4.48. The van der Waals surface area contributed by atoms with Gasteiger partial charge in [-0.25, -0.2) is 0 Å². The average molecular weight is 313 g/mol. The molecule has 2 saturated heterocycles. The minimum absolute atomic E-state index is 0.123. The lowest BCUT2D eigenvalue weighted by Crippen LogP contribution is -2.46. The number of amides is 1. The standard InChI is InChI=1S/C16H19N5O2/c1-3-4-6-16(19-20-16)7-5-13(22)21-10-12-8-15(21,9-12)14-17-11(2)18-23-14/h1,12H,4-10H2,2H3. The summed E-state index contributed by atoms with van der Waals surface area (Å²) >= 11 is 0. The highest BCUT2D eigenvalue weighted by Gasteiger charge is 2.62. The van der Waals surface area contributed by atoms with E-state index in [1.807, 2.05) is 4.90 Å². The van der Waals surface area contributed by atoms with Crippen LogP contribution >= 0.6 is 0 Å². The van der Waals surface area contributed by atoms with E-state index in [1.165, 1.54) is 0 Å². The second-order valence-electron chi connectivity index (χ2n) is 6.84. The molecule has 0 spiro atoms. The number of carbonyl (C=O) groups is 1. The summed E-state index contributed by atoms with van der Waals surface area (Å²) in [6, 6.07) is 0. The lowest BCUT2D eigenvalue weighted by Gasteiger charge is -2.38. The van der Waals surface area contributed by atoms with Crippen molar-refractivity contribution >= 4 is 5.91 Å². The Morgan fingerprint density at radius 2 is 2.22 bits per heavy atom. The third-order valence-corrected chi connectivity index (χ3v) is 5.23. The monoisotopic (exact) mass is 313 g/mol. The first kappa shape index (κ1) is 14.4. The van der Waals surface area contributed by atoms with Crippen molar-refractivity contribution in [1.82, 2.24) is 15.0 Å². The Morgan fingerprint density at radius 1 is 1.43 bits per heavy atom. The predicted molar refractivity (Wildman–Crippen MR) is 80.0 cm³/mol. The number of terminal acetylenes is 1. The SMILES string of the molecule is C#CCCC1(CCC(=O)N2CC3CC2(c2nc(C)no2)C3)N=N1. The van der Waals surface area contributed by atoms with Crippen LogP contribution in [0.4, 0.5) is 0 Å². The molecule has 1 aromatic heterocycles. The van der Waals surface area contributed by atoms with Crippen molar-refractivity contribution in [2.24, 2.45) is 16.1 Å². The number of aromatic nitrogens is 2. The van der Waals surface area contributed by atoms with Gasteiger partial charge in [0.2, 0.25) is 5.91 Å². The Labute approximate surface area is 134 Å². The van der Waals surface area contributed by atoms with Crippen LogP contribution < -0.4 is 0 Å². The minimum atomic E-state index is -0.404. The van der Waals surface area contributed by atoms with Gasteiger partial charge in [0.1, 0.15) is 5.54 Å². The van der Waals surface area contributed by atoms with Crippen LogP contribution in [0.1, 0.15) is 50.2 Å². The molecule has 4 aliphatic rings. The molecular formula is C16H19N5O2. The fourth-order valence-corrected chi connectivity index (χ4v) is 3.90. The molecule has 7 nitrogen and oxygen atoms in total. The van der Waals surface area contributed by atoms with Gasteiger partial charge < -0.3 is 9.42 Å². The van der Waals surface area contributed by atoms with Crippen LogP contribution in [-0.2, 0) is 10.3 Å². The largest absolute Gasteiger partial charge is 0.337 e. The highest BCUT2D eigenvalue weighted by molar-refractivity contribution is 5.78. The van der Waals surface area contributed by atoms with E-state index in [0.717, 1.165) is 25.8 Å². The number of hydrogen-bond donors (Lipinski definition) is 0. The van der Waals surface area contributed by atoms with Crippen molar-refractivity contribution in [1.29, 1.82) is 0 Å². The fraction of sp³-hybridized carbons (Fsp3) is 0.688. The molecule has 0 unspecified atom stereocenters. The van der Waals surface area contributed by atoms with Gasteiger partial charge in [0.15, 0.2) is 11.5 Å². The van der Waals surface area contributed by atoms with Crippen LogP contribution in [0, 0.1) is 25.2 Å². The molecule has 2 bridgehead atoms. The van der Waals surface area contributed by atoms with Crippen molar-refractivity contribution in [3.63, 3.8) is 0 Å². The van der Waals surface area contributed by atoms with E-state index in [4.69, 9.17) is 10.9 Å². The number of fused-ring (bicyclic) bond motifs is 1. The van der Waals surface area contributed by atoms with E-state index < -0.39 is 5.66 Å². The van der Waals surface area contributed by atoms with E-state index in [0.29, 0.717) is 36.9 Å². The molecule has 3 aliphatic heterocycles. The highest BCUT2D eigenvalue weighted by atomic mass is 16.5. The van der Waals surface area contributed by atoms with Gasteiger partial charge >= 0.3 is 0 Å². The van der Waals surface area contributed by atoms with E-state index in [-0.39, 0.29) is 11.4 Å². The van der Waals surface area contributed by atoms with Crippen LogP contribution in [0.3, 0.4) is 0 Å². The van der Waals surface area contributed by atoms with Gasteiger partial charge in [-0.15, -0.1) is 12.3 Å². The fourth-order valence-electron chi connectivity index (χ4n) is 3.90. The summed E-state index contributed by atoms with van der Waals surface area (Å²) in [7, 11) is 0. The van der Waals surface area contributed by atoms with Gasteiger partial charge in [0, 0.05) is 32.2 Å². The molecule has 3 fully saturated rings. The van der Waals surface area contributed by atoms with Gasteiger partial charge in [0.05, 0.1) is 0 Å². The Kier molecular flexibility index (Phi) is 3.05. The second-order valence-corrected chi connectivity index (χ2v) is 6.84. The van der Waals surface area contributed by atoms with Gasteiger partial charge in [0.25, 0.3) is 5.89 Å². The summed E-state index contributed by atoms with van der Waals surface area (Å²) in [5, 5.41) is 12.1. The molecule has 0 aromatic carbocycles. The quantitative estimate of drug-likeness (QED) is 0.753. The average Bonchev–Trinajstić information content (AvgIpc) is 2.86. The number of carbonyl (C=O) groups excluding carboxylic acids is 1. The maximum Gasteiger partial charge on any atom is 0.252 e. The second kappa shape index (κ2) is 4.88. The Hall–Kier alpha value is -2.23. The van der Waals surface area contributed by atoms with Crippen LogP contribution in [0.15, 0.2) is 14.8 Å². The van der Waals surface area contributed by atoms with E-state index in [1.54, 1.807) is 6.92 Å². The predicted octanol–water partition coefficient (Wildman–Crippen LogP) is 2.18. The van der Waals surface area contributed by atoms with E-state index >= 15 is 0 Å². The van der Waals surface area contributed by atoms with Gasteiger partial charge in [-0.1, -0.05) is 5.16 Å². The molecule has 1 saturated carbocycles. The van der Waals surface area contributed by atoms with Crippen LogP contribution in [0.25, 0.3) is 0 Å². The molecule has 0 radical (unpaired) electrons. The molecule has 5 rings (SSSR count). The Morgan fingerprint density at radius 3 is 2.83 bits per heavy atom. The van der Waals surface area contributed by atoms with Gasteiger partial charge in [-0.3, -0.25) is 4.79 Å². The van der Waals surface area contributed by atoms with Crippen molar-refractivity contribution in [3.8, 4) is 12.3 Å². The van der Waals surface area contributed by atoms with Gasteiger partial charge in [-0.2, -0.15) is 15.2 Å². The van der Waals surface area contributed by atoms with Crippen LogP contribution in [-0.4, -0.2) is 33.2 Å². The van der Waals surface area contributed by atoms with E-state index in [9.17, 15) is 4.79 Å². The van der Waals surface area contributed by atoms with Crippen LogP contribution in [0.5, 0.6) is 0 Å². The summed E-state index contributed by atoms with van der Waals surface area (Å²) < 4.78 is 5.37. The zero-order chi connectivity index (χ0) is 16.1. The lowest BCUT2D eigenvalue weighted by atomic mass is 9.73. The Bertz CT molecular complexity index is 704. The lowest BCUT2D eigenvalue weighted by molar-refractivity contribution is -0.136. The summed E-state index contributed by atoms with van der Waals surface area (Å²) in [6.45, 7) is 2.58. The molecule has 4 heterocycles. The van der Waals surface area contributed by atoms with Crippen molar-refractivity contribution in [3.05, 3.63) is 11.7 Å². The molecule has 0 atom stereocenters. The third-order valence-electron chi connectivity index (χ3n) is 5.23. The van der Waals surface area contributed by atoms with Gasteiger partial charge in [-0.05, 0) is 25.7 Å². The third kappa shape index (κ3) is 2.24. The van der Waals surface area contributed by atoms with Crippen molar-refractivity contribution in [2.75, 3.05) is 6.54 Å². The topological polar surface area (TPSA) is 84.0 Å². The molecular weight excluding hydrogens is 294 g/mol. The number of nitrogens with zero attached hydrogens (tertiary/aromatic N) is 5. The zero-order valence-electron chi connectivity index (χ0n) is 13.2. The smallest absolute Gasteiger partial charge is 0.252 e. The maximum absolute atomic E-state index is 12.7. The molecule has 1 aromatic rings. The Balaban J connectivity index is 1.42. The molecule has 1 amide bonds. The molecule has 120 valence electrons. The minimum Gasteiger partial charge on any atom is -0.337 e. The van der Waals surface area contributed by atoms with Crippen LogP contribution in [0.2, 0.25) is 0 Å². The first-order valence-corrected chi connectivity index (χ1v) is 8.06. The first-order valence-electron chi connectivity index (χ1n) is 8.06. The van der Waals surface area contributed by atoms with Crippen molar-refractivity contribution < 1.29 is 9.32 Å². The first-order chi connectivity index (χ1) is 11.1. The molecule has 23 heavy (non-hydrogen) atoms. The highest BCUT2D eigenvalue weighted by Crippen LogP contribution is 2.56. The normalized spacial score (nSPS) is 29.2. The summed E-state index contributed by atoms with van der Waals surface area (Å²) in [6.07, 6.45) is 9.58. The molecule has 1 aliphatic carbocycles.